The average Bonchev–Trinajstić information content (AvgIpc) is 3.84. The van der Waals surface area contributed by atoms with Crippen LogP contribution in [-0.4, -0.2) is 65.7 Å². The molecular formula is C48H34B2N2O8. The summed E-state index contributed by atoms with van der Waals surface area (Å²) in [4.78, 5) is 0. The van der Waals surface area contributed by atoms with Gasteiger partial charge in [-0.1, -0.05) is 109 Å². The molecule has 0 fully saturated rings. The number of benzene rings is 8. The Bertz CT molecular complexity index is 3400. The fraction of sp³-hybridized carbons (Fsp3) is 0. The molecule has 0 radical (unpaired) electrons. The van der Waals surface area contributed by atoms with Crippen LogP contribution in [0, 0.1) is 0 Å². The Morgan fingerprint density at radius 2 is 0.683 bits per heavy atom. The topological polar surface area (TPSA) is 172 Å². The summed E-state index contributed by atoms with van der Waals surface area (Å²) in [7, 11) is 2.97. The van der Waals surface area contributed by atoms with Gasteiger partial charge in [0.05, 0.1) is 21.8 Å². The first-order valence-electron chi connectivity index (χ1n) is 19.2. The van der Waals surface area contributed by atoms with Gasteiger partial charge in [-0.3, -0.25) is 0 Å². The molecule has 10 rings (SSSR count). The number of hydrogen-bond donors (Lipinski definition) is 8. The van der Waals surface area contributed by atoms with E-state index in [-0.39, 0.29) is 54.5 Å². The minimum absolute atomic E-state index is 0.0103. The monoisotopic (exact) mass is 788 g/mol. The average molecular weight is 788 g/mol. The first kappa shape index (κ1) is 36.2. The Kier molecular flexibility index (Phi) is 7.99. The molecular weight excluding hydrogens is 754 g/mol. The summed E-state index contributed by atoms with van der Waals surface area (Å²) in [6.07, 6.45) is 0. The molecule has 0 amide bonds. The van der Waals surface area contributed by atoms with Gasteiger partial charge in [0.2, 0.25) is 0 Å². The zero-order valence-corrected chi connectivity index (χ0v) is 32.2. The maximum atomic E-state index is 12.3. The number of aromatic nitrogens is 2. The summed E-state index contributed by atoms with van der Waals surface area (Å²) in [5.41, 5.74) is 6.58. The van der Waals surface area contributed by atoms with E-state index in [0.29, 0.717) is 11.4 Å². The van der Waals surface area contributed by atoms with E-state index >= 15 is 0 Å². The third-order valence-corrected chi connectivity index (χ3v) is 11.7. The van der Waals surface area contributed by atoms with Crippen LogP contribution in [0.15, 0.2) is 133 Å². The highest BCUT2D eigenvalue weighted by Crippen LogP contribution is 2.57. The van der Waals surface area contributed by atoms with Gasteiger partial charge in [0.25, 0.3) is 0 Å². The van der Waals surface area contributed by atoms with Gasteiger partial charge >= 0.3 is 0 Å². The van der Waals surface area contributed by atoms with Crippen molar-refractivity contribution in [3.8, 4) is 90.8 Å². The summed E-state index contributed by atoms with van der Waals surface area (Å²) in [6.45, 7) is 0. The summed E-state index contributed by atoms with van der Waals surface area (Å²) in [5, 5.41) is 93.6. The number of nitrogens with zero attached hydrogens (tertiary/aromatic N) is 2. The Morgan fingerprint density at radius 3 is 1.23 bits per heavy atom. The van der Waals surface area contributed by atoms with Crippen molar-refractivity contribution in [2.45, 2.75) is 0 Å². The lowest BCUT2D eigenvalue weighted by atomic mass is 9.89. The van der Waals surface area contributed by atoms with E-state index in [4.69, 9.17) is 0 Å². The van der Waals surface area contributed by atoms with Crippen LogP contribution in [0.25, 0.3) is 88.4 Å². The number of fused-ring (bicyclic) bond motifs is 7. The smallest absolute Gasteiger partial charge is 0.200 e. The number of rotatable bonds is 5. The van der Waals surface area contributed by atoms with Gasteiger partial charge < -0.3 is 50.0 Å². The van der Waals surface area contributed by atoms with Crippen molar-refractivity contribution in [3.63, 3.8) is 0 Å². The van der Waals surface area contributed by atoms with E-state index in [9.17, 15) is 40.9 Å². The molecule has 2 heterocycles. The Morgan fingerprint density at radius 1 is 0.283 bits per heavy atom. The quantitative estimate of drug-likeness (QED) is 0.0522. The Hall–Kier alpha value is -8.11. The van der Waals surface area contributed by atoms with Crippen LogP contribution in [0.5, 0.6) is 46.0 Å². The number of hydrogen-bond acceptors (Lipinski definition) is 8. The highest BCUT2D eigenvalue weighted by atomic mass is 16.3. The molecule has 12 heteroatoms. The first-order valence-corrected chi connectivity index (χ1v) is 19.2. The molecule has 0 saturated heterocycles. The van der Waals surface area contributed by atoms with Crippen LogP contribution >= 0.6 is 0 Å². The van der Waals surface area contributed by atoms with Crippen LogP contribution < -0.4 is 10.9 Å². The second-order valence-corrected chi connectivity index (χ2v) is 15.0. The van der Waals surface area contributed by atoms with Crippen molar-refractivity contribution >= 4 is 70.2 Å². The van der Waals surface area contributed by atoms with E-state index < -0.39 is 46.0 Å². The largest absolute Gasteiger partial charge is 0.506 e. The standard InChI is InChI=1S/C48H34B2N2O8/c49-35-37-33(42(54)48(60)44(35)56)31-32-34-40(43(55)36(50)45(57)41(34)53)52(30-13-7-12-28(22-30)27-16-14-25(15-17-27)23-8-3-1-4-9-23)39(32)47(59)46(58)38(31)51(37)29-20-18-26(19-21-29)24-10-5-2-6-11-24/h1-22,53-60H,49-50H2. The number of aromatic hydroxyl groups is 8. The van der Waals surface area contributed by atoms with Gasteiger partial charge in [-0.05, 0) is 68.6 Å². The first-order chi connectivity index (χ1) is 29.0. The van der Waals surface area contributed by atoms with Crippen LogP contribution in [0.2, 0.25) is 0 Å². The SMILES string of the molecule is Bc1c(O)c(O)c2c3c4c5c(O)c(O)c(O)c(B)c5n(-c5ccc(-c6ccccc6)cc5)c4c(O)c(O)c3n(-c3cccc(-c4ccc(-c5ccccc5)cc4)c3)c2c1O. The van der Waals surface area contributed by atoms with Crippen molar-refractivity contribution in [1.82, 2.24) is 9.13 Å². The zero-order chi connectivity index (χ0) is 41.7. The van der Waals surface area contributed by atoms with Gasteiger partial charge in [-0.25, -0.2) is 0 Å². The molecule has 8 N–H and O–H groups in total. The molecule has 0 aliphatic heterocycles. The van der Waals surface area contributed by atoms with Crippen molar-refractivity contribution in [2.24, 2.45) is 0 Å². The lowest BCUT2D eigenvalue weighted by Gasteiger charge is -2.15. The molecule has 0 saturated carbocycles. The second kappa shape index (κ2) is 13.2. The minimum atomic E-state index is -0.820. The van der Waals surface area contributed by atoms with Crippen LogP contribution in [0.1, 0.15) is 0 Å². The molecule has 0 aliphatic rings. The molecule has 2 aromatic heterocycles. The van der Waals surface area contributed by atoms with Gasteiger partial charge in [0.1, 0.15) is 32.5 Å². The van der Waals surface area contributed by atoms with Crippen molar-refractivity contribution in [3.05, 3.63) is 133 Å². The fourth-order valence-corrected chi connectivity index (χ4v) is 8.71. The van der Waals surface area contributed by atoms with E-state index in [1.54, 1.807) is 28.8 Å². The molecule has 0 spiro atoms. The predicted octanol–water partition coefficient (Wildman–Crippen LogP) is 7.04. The third kappa shape index (κ3) is 5.04. The van der Waals surface area contributed by atoms with E-state index in [1.807, 2.05) is 109 Å². The lowest BCUT2D eigenvalue weighted by Crippen LogP contribution is -2.09. The minimum Gasteiger partial charge on any atom is -0.506 e. The summed E-state index contributed by atoms with van der Waals surface area (Å²) >= 11 is 0. The molecule has 290 valence electrons. The molecule has 0 aliphatic carbocycles. The summed E-state index contributed by atoms with van der Waals surface area (Å²) in [5.74, 6) is -5.08. The van der Waals surface area contributed by atoms with Gasteiger partial charge in [-0.2, -0.15) is 0 Å². The predicted molar refractivity (Wildman–Crippen MR) is 241 cm³/mol. The Balaban J connectivity index is 1.33. The fourth-order valence-electron chi connectivity index (χ4n) is 8.71. The molecule has 0 unspecified atom stereocenters. The maximum absolute atomic E-state index is 12.3. The highest BCUT2D eigenvalue weighted by molar-refractivity contribution is 6.46. The maximum Gasteiger partial charge on any atom is 0.200 e. The van der Waals surface area contributed by atoms with Crippen LogP contribution in [0.3, 0.4) is 0 Å². The van der Waals surface area contributed by atoms with Gasteiger partial charge in [0.15, 0.2) is 40.2 Å². The van der Waals surface area contributed by atoms with Crippen LogP contribution in [0.4, 0.5) is 0 Å². The van der Waals surface area contributed by atoms with E-state index in [0.717, 1.165) is 33.4 Å². The van der Waals surface area contributed by atoms with Crippen molar-refractivity contribution < 1.29 is 40.9 Å². The molecule has 10 nitrogen and oxygen atoms in total. The summed E-state index contributed by atoms with van der Waals surface area (Å²) < 4.78 is 3.04. The van der Waals surface area contributed by atoms with Gasteiger partial charge in [-0.15, -0.1) is 0 Å². The molecule has 8 aromatic carbocycles. The van der Waals surface area contributed by atoms with E-state index in [1.165, 1.54) is 20.3 Å². The molecule has 60 heavy (non-hydrogen) atoms. The highest BCUT2D eigenvalue weighted by Gasteiger charge is 2.34. The molecule has 0 atom stereocenters. The lowest BCUT2D eigenvalue weighted by molar-refractivity contribution is 0.373. The molecule has 0 bridgehead atoms. The number of phenolic OH excluding ortho intramolecular Hbond substituents is 8. The third-order valence-electron chi connectivity index (χ3n) is 11.7. The normalized spacial score (nSPS) is 11.7. The van der Waals surface area contributed by atoms with Crippen LogP contribution in [-0.2, 0) is 0 Å². The summed E-state index contributed by atoms with van der Waals surface area (Å²) in [6, 6.07) is 42.2. The Labute approximate surface area is 343 Å². The van der Waals surface area contributed by atoms with Crippen molar-refractivity contribution in [2.75, 3.05) is 0 Å². The molecule has 10 aromatic rings. The zero-order valence-electron chi connectivity index (χ0n) is 32.2. The van der Waals surface area contributed by atoms with E-state index in [2.05, 4.69) is 0 Å². The second-order valence-electron chi connectivity index (χ2n) is 15.0. The van der Waals surface area contributed by atoms with Crippen molar-refractivity contribution in [1.29, 1.82) is 0 Å². The number of phenols is 8. The van der Waals surface area contributed by atoms with Gasteiger partial charge in [0, 0.05) is 22.1 Å².